The number of carboxylic acids is 1. The summed E-state index contributed by atoms with van der Waals surface area (Å²) in [7, 11) is 0. The number of rotatable bonds is 15. The molecule has 3 amide bonds. The van der Waals surface area contributed by atoms with E-state index in [4.69, 9.17) is 10.7 Å². The minimum atomic E-state index is -1.32. The van der Waals surface area contributed by atoms with Crippen LogP contribution in [0.25, 0.3) is 11.2 Å². The van der Waals surface area contributed by atoms with Gasteiger partial charge in [0.1, 0.15) is 6.04 Å². The molecule has 1 aliphatic rings. The van der Waals surface area contributed by atoms with E-state index in [1.54, 1.807) is 12.1 Å². The van der Waals surface area contributed by atoms with Gasteiger partial charge in [-0.2, -0.15) is 15.5 Å². The standard InChI is InChI=1S/C31H43N11O9/c1-30(2)13-19(14-31(3,4)42(30)49)38-29(48)50-51-36-12-11-33-22(43)10-9-21(27(46)47)39-25(44)17-5-7-18(8-6-17)34-15-20-16-35-24-23(37-20)26(45)41-28(32)40-24/h5-8,16,19,21,34,36,49H,9-15H2,1-4H3,(H,33,43)(H,38,48)(H,39,44)(H,46,47)(H3,32,35,40,41,45). The number of aliphatic carboxylic acids is 1. The first-order chi connectivity index (χ1) is 24.0. The van der Waals surface area contributed by atoms with Gasteiger partial charge >= 0.3 is 12.1 Å². The number of carboxylic acid groups (broad SMARTS) is 1. The molecule has 3 aromatic rings. The van der Waals surface area contributed by atoms with E-state index in [2.05, 4.69) is 51.6 Å². The third-order valence-electron chi connectivity index (χ3n) is 8.06. The van der Waals surface area contributed by atoms with Crippen LogP contribution >= 0.6 is 0 Å². The SMILES string of the molecule is CC1(C)CC(NC(=O)OONCCNC(=O)CCC(NC(=O)c2ccc(NCc3cnc4nc(N)[nH]c(=O)c4n3)cc2)C(=O)O)CC(C)(C)N1O. The molecule has 10 N–H and O–H groups in total. The fourth-order valence-corrected chi connectivity index (χ4v) is 5.78. The van der Waals surface area contributed by atoms with Crippen LogP contribution < -0.4 is 38.0 Å². The number of hydrogen-bond donors (Lipinski definition) is 9. The lowest BCUT2D eigenvalue weighted by Crippen LogP contribution is -2.63. The predicted octanol–water partition coefficient (Wildman–Crippen LogP) is 0.560. The zero-order valence-electron chi connectivity index (χ0n) is 28.6. The van der Waals surface area contributed by atoms with E-state index in [1.807, 2.05) is 27.7 Å². The van der Waals surface area contributed by atoms with Crippen molar-refractivity contribution in [2.75, 3.05) is 24.1 Å². The van der Waals surface area contributed by atoms with E-state index < -0.39 is 46.6 Å². The molecule has 1 unspecified atom stereocenters. The van der Waals surface area contributed by atoms with Gasteiger partial charge in [0.2, 0.25) is 11.9 Å². The van der Waals surface area contributed by atoms with Gasteiger partial charge in [-0.15, -0.1) is 0 Å². The molecule has 1 aromatic carbocycles. The molecule has 1 fully saturated rings. The quantitative estimate of drug-likeness (QED) is 0.0591. The fourth-order valence-electron chi connectivity index (χ4n) is 5.78. The van der Waals surface area contributed by atoms with Crippen molar-refractivity contribution in [3.8, 4) is 0 Å². The molecule has 3 heterocycles. The number of hydroxylamine groups is 3. The van der Waals surface area contributed by atoms with Gasteiger partial charge in [0.05, 0.1) is 18.4 Å². The minimum Gasteiger partial charge on any atom is -0.480 e. The number of aromatic amines is 1. The van der Waals surface area contributed by atoms with E-state index in [9.17, 15) is 34.3 Å². The number of nitrogens with one attached hydrogen (secondary N) is 6. The second-order valence-corrected chi connectivity index (χ2v) is 13.2. The van der Waals surface area contributed by atoms with Crippen LogP contribution in [0.1, 0.15) is 69.4 Å². The van der Waals surface area contributed by atoms with Crippen molar-refractivity contribution in [2.24, 2.45) is 0 Å². The predicted molar refractivity (Wildman–Crippen MR) is 181 cm³/mol. The second kappa shape index (κ2) is 16.5. The zero-order chi connectivity index (χ0) is 37.3. The van der Waals surface area contributed by atoms with Crippen LogP contribution in [0.3, 0.4) is 0 Å². The first kappa shape index (κ1) is 38.4. The van der Waals surface area contributed by atoms with Crippen molar-refractivity contribution in [1.82, 2.24) is 46.4 Å². The summed E-state index contributed by atoms with van der Waals surface area (Å²) < 4.78 is 0. The molecule has 0 bridgehead atoms. The molecule has 51 heavy (non-hydrogen) atoms. The maximum Gasteiger partial charge on any atom is 0.441 e. The van der Waals surface area contributed by atoms with Crippen LogP contribution in [-0.4, -0.2) is 95.4 Å². The Bertz CT molecular complexity index is 1760. The summed E-state index contributed by atoms with van der Waals surface area (Å²) in [5.74, 6) is -2.47. The summed E-state index contributed by atoms with van der Waals surface area (Å²) in [6.45, 7) is 7.82. The highest BCUT2D eigenvalue weighted by Crippen LogP contribution is 2.36. The number of fused-ring (bicyclic) bond motifs is 1. The third kappa shape index (κ3) is 10.8. The topological polar surface area (TPSA) is 288 Å². The Hall–Kier alpha value is -5.44. The molecule has 0 aliphatic carbocycles. The molecule has 20 nitrogen and oxygen atoms in total. The summed E-state index contributed by atoms with van der Waals surface area (Å²) in [5.41, 5.74) is 7.70. The number of aromatic nitrogens is 4. The van der Waals surface area contributed by atoms with Gasteiger partial charge in [-0.25, -0.2) is 19.6 Å². The normalized spacial score (nSPS) is 16.2. The van der Waals surface area contributed by atoms with Crippen molar-refractivity contribution in [3.05, 3.63) is 52.1 Å². The number of carbonyl (C=O) groups is 4. The maximum absolute atomic E-state index is 12.7. The number of H-pyrrole nitrogens is 1. The number of nitrogen functional groups attached to an aromatic ring is 1. The van der Waals surface area contributed by atoms with Crippen LogP contribution in [0, 0.1) is 0 Å². The Morgan fingerprint density at radius 2 is 1.76 bits per heavy atom. The molecule has 0 saturated carbocycles. The lowest BCUT2D eigenvalue weighted by molar-refractivity contribution is -0.286. The van der Waals surface area contributed by atoms with Gasteiger partial charge in [0.15, 0.2) is 11.2 Å². The molecule has 2 aromatic heterocycles. The van der Waals surface area contributed by atoms with E-state index >= 15 is 0 Å². The van der Waals surface area contributed by atoms with Crippen molar-refractivity contribution in [2.45, 2.75) is 83.1 Å². The van der Waals surface area contributed by atoms with Crippen molar-refractivity contribution >= 4 is 46.7 Å². The lowest BCUT2D eigenvalue weighted by atomic mass is 9.79. The molecule has 0 spiro atoms. The smallest absolute Gasteiger partial charge is 0.441 e. The van der Waals surface area contributed by atoms with Crippen molar-refractivity contribution in [3.63, 3.8) is 0 Å². The van der Waals surface area contributed by atoms with Crippen LogP contribution in [0.2, 0.25) is 0 Å². The number of nitrogens with zero attached hydrogens (tertiary/aromatic N) is 4. The first-order valence-electron chi connectivity index (χ1n) is 16.1. The number of nitrogens with two attached hydrogens (primary N) is 1. The Morgan fingerprint density at radius 3 is 2.43 bits per heavy atom. The molecular weight excluding hydrogens is 670 g/mol. The fraction of sp³-hybridized carbons (Fsp3) is 0.484. The van der Waals surface area contributed by atoms with E-state index in [0.717, 1.165) is 0 Å². The summed E-state index contributed by atoms with van der Waals surface area (Å²) in [4.78, 5) is 85.0. The van der Waals surface area contributed by atoms with Gasteiger partial charge in [0, 0.05) is 47.9 Å². The number of piperidine rings is 1. The molecule has 1 atom stereocenters. The van der Waals surface area contributed by atoms with Crippen LogP contribution in [0.15, 0.2) is 35.3 Å². The number of benzene rings is 1. The second-order valence-electron chi connectivity index (χ2n) is 13.2. The lowest BCUT2D eigenvalue weighted by Gasteiger charge is -2.51. The molecule has 0 radical (unpaired) electrons. The molecule has 20 heteroatoms. The molecule has 4 rings (SSSR count). The van der Waals surface area contributed by atoms with Gasteiger partial charge in [-0.1, -0.05) is 4.99 Å². The average Bonchev–Trinajstić information content (AvgIpc) is 3.05. The Morgan fingerprint density at radius 1 is 1.08 bits per heavy atom. The van der Waals surface area contributed by atoms with Gasteiger partial charge < -0.3 is 37.3 Å². The zero-order valence-corrected chi connectivity index (χ0v) is 28.6. The van der Waals surface area contributed by atoms with Crippen LogP contribution in [-0.2, 0) is 26.0 Å². The highest BCUT2D eigenvalue weighted by molar-refractivity contribution is 5.97. The van der Waals surface area contributed by atoms with Crippen molar-refractivity contribution in [1.29, 1.82) is 0 Å². The van der Waals surface area contributed by atoms with E-state index in [-0.39, 0.29) is 61.2 Å². The Kier molecular flexibility index (Phi) is 12.4. The van der Waals surface area contributed by atoms with Gasteiger partial charge in [0.25, 0.3) is 11.5 Å². The third-order valence-corrected chi connectivity index (χ3v) is 8.06. The summed E-state index contributed by atoms with van der Waals surface area (Å²) in [6.07, 6.45) is 1.26. The molecule has 1 aliphatic heterocycles. The minimum absolute atomic E-state index is 0.0434. The summed E-state index contributed by atoms with van der Waals surface area (Å²) in [5, 5.41) is 32.1. The Labute approximate surface area is 291 Å². The first-order valence-corrected chi connectivity index (χ1v) is 16.1. The van der Waals surface area contributed by atoms with Gasteiger partial charge in [-0.05, 0) is 71.2 Å². The number of anilines is 2. The average molecular weight is 714 g/mol. The highest BCUT2D eigenvalue weighted by Gasteiger charge is 2.45. The monoisotopic (exact) mass is 713 g/mol. The van der Waals surface area contributed by atoms with E-state index in [1.165, 1.54) is 23.4 Å². The van der Waals surface area contributed by atoms with Gasteiger partial charge in [-0.3, -0.25) is 24.3 Å². The molecule has 276 valence electrons. The molecule has 1 saturated heterocycles. The number of amides is 3. The van der Waals surface area contributed by atoms with Crippen LogP contribution in [0.5, 0.6) is 0 Å². The van der Waals surface area contributed by atoms with Crippen molar-refractivity contribution < 1.29 is 39.4 Å². The Balaban J connectivity index is 1.12. The van der Waals surface area contributed by atoms with E-state index in [0.29, 0.717) is 24.2 Å². The maximum atomic E-state index is 12.7. The highest BCUT2D eigenvalue weighted by atomic mass is 17.3. The summed E-state index contributed by atoms with van der Waals surface area (Å²) in [6, 6.07) is 4.63. The molecular formula is C31H43N11O9. The van der Waals surface area contributed by atoms with Crippen LogP contribution in [0.4, 0.5) is 16.4 Å². The number of hydrogen-bond acceptors (Lipinski definition) is 15. The largest absolute Gasteiger partial charge is 0.480 e. The number of carbonyl (C=O) groups excluding carboxylic acids is 3. The summed E-state index contributed by atoms with van der Waals surface area (Å²) >= 11 is 0.